The number of amides is 1. The maximum Gasteiger partial charge on any atom is 0.423 e. The summed E-state index contributed by atoms with van der Waals surface area (Å²) in [5.41, 5.74) is 0.370. The largest absolute Gasteiger partial charge is 0.505 e. The van der Waals surface area contributed by atoms with Crippen molar-refractivity contribution in [2.24, 2.45) is 5.73 Å². The number of hydrogen-bond acceptors (Lipinski definition) is 7. The molecular formula is C29H28F6N4O4. The van der Waals surface area contributed by atoms with Crippen molar-refractivity contribution in [3.05, 3.63) is 82.9 Å². The van der Waals surface area contributed by atoms with Crippen LogP contribution in [-0.4, -0.2) is 52.8 Å². The van der Waals surface area contributed by atoms with Crippen LogP contribution in [0.25, 0.3) is 22.2 Å². The van der Waals surface area contributed by atoms with Gasteiger partial charge in [0.05, 0.1) is 19.3 Å². The normalized spacial score (nSPS) is 12.9. The topological polar surface area (TPSA) is 131 Å². The molecule has 14 heteroatoms. The summed E-state index contributed by atoms with van der Waals surface area (Å²) in [6.45, 7) is 0.512. The fourth-order valence-corrected chi connectivity index (χ4v) is 4.34. The summed E-state index contributed by atoms with van der Waals surface area (Å²) in [6, 6.07) is 9.71. The third kappa shape index (κ3) is 7.70. The van der Waals surface area contributed by atoms with E-state index in [-0.39, 0.29) is 34.5 Å². The van der Waals surface area contributed by atoms with E-state index in [0.717, 1.165) is 23.8 Å². The second-order valence-electron chi connectivity index (χ2n) is 9.45. The number of aromatic nitrogens is 2. The number of primary amides is 1. The van der Waals surface area contributed by atoms with Gasteiger partial charge in [-0.2, -0.15) is 13.2 Å². The molecular weight excluding hydrogens is 582 g/mol. The Hall–Kier alpha value is -4.43. The highest BCUT2D eigenvalue weighted by atomic mass is 19.4. The van der Waals surface area contributed by atoms with Crippen LogP contribution < -0.4 is 15.8 Å². The molecule has 0 fully saturated rings. The number of alkyl halides is 5. The number of ether oxygens (including phenoxy) is 1. The van der Waals surface area contributed by atoms with Crippen molar-refractivity contribution >= 4 is 17.3 Å². The van der Waals surface area contributed by atoms with E-state index in [4.69, 9.17) is 9.53 Å². The van der Waals surface area contributed by atoms with Crippen LogP contribution in [0, 0.1) is 12.7 Å². The average Bonchev–Trinajstić information content (AvgIpc) is 2.93. The van der Waals surface area contributed by atoms with Gasteiger partial charge in [-0.1, -0.05) is 0 Å². The van der Waals surface area contributed by atoms with E-state index in [0.29, 0.717) is 10.9 Å². The number of benzene rings is 2. The number of pyridine rings is 2. The summed E-state index contributed by atoms with van der Waals surface area (Å²) in [5, 5.41) is 24.9. The first kappa shape index (κ1) is 33.1. The van der Waals surface area contributed by atoms with Crippen molar-refractivity contribution in [3.63, 3.8) is 0 Å². The highest BCUT2D eigenvalue weighted by molar-refractivity contribution is 5.85. The molecule has 8 nitrogen and oxygen atoms in total. The SMILES string of the molecule is COc1cc(C[C@](O)(c2cc(CNCC(F)F)c(O)c(-c3ccc(F)cc3)n2)C(F)(F)F)cc2cc(C)cnc12.NC=O. The molecule has 0 aliphatic rings. The molecule has 2 heterocycles. The van der Waals surface area contributed by atoms with Crippen LogP contribution >= 0.6 is 0 Å². The lowest BCUT2D eigenvalue weighted by molar-refractivity contribution is -0.267. The summed E-state index contributed by atoms with van der Waals surface area (Å²) in [4.78, 5) is 16.8. The van der Waals surface area contributed by atoms with Gasteiger partial charge < -0.3 is 26.0 Å². The first-order valence-electron chi connectivity index (χ1n) is 12.6. The molecule has 2 aromatic heterocycles. The molecule has 0 bridgehead atoms. The number of rotatable bonds is 9. The lowest BCUT2D eigenvalue weighted by Gasteiger charge is -2.31. The molecule has 0 spiro atoms. The van der Waals surface area contributed by atoms with Gasteiger partial charge in [-0.05, 0) is 66.6 Å². The van der Waals surface area contributed by atoms with Gasteiger partial charge in [0.25, 0.3) is 6.43 Å². The zero-order chi connectivity index (χ0) is 31.9. The Balaban J connectivity index is 0.00000162. The fraction of sp³-hybridized carbons (Fsp3) is 0.276. The smallest absolute Gasteiger partial charge is 0.423 e. The van der Waals surface area contributed by atoms with Gasteiger partial charge in [0, 0.05) is 35.7 Å². The molecule has 0 saturated heterocycles. The van der Waals surface area contributed by atoms with Crippen molar-refractivity contribution < 1.29 is 46.1 Å². The fourth-order valence-electron chi connectivity index (χ4n) is 4.34. The number of nitrogens with zero attached hydrogens (tertiary/aromatic N) is 2. The second-order valence-corrected chi connectivity index (χ2v) is 9.45. The molecule has 4 aromatic rings. The number of aromatic hydroxyl groups is 1. The molecule has 2 aromatic carbocycles. The minimum atomic E-state index is -5.27. The molecule has 4 rings (SSSR count). The van der Waals surface area contributed by atoms with Crippen molar-refractivity contribution in [1.29, 1.82) is 0 Å². The molecule has 0 radical (unpaired) electrons. The van der Waals surface area contributed by atoms with Gasteiger partial charge in [0.15, 0.2) is 0 Å². The van der Waals surface area contributed by atoms with E-state index in [1.807, 2.05) is 0 Å². The van der Waals surface area contributed by atoms with Gasteiger partial charge >= 0.3 is 6.18 Å². The van der Waals surface area contributed by atoms with Crippen LogP contribution in [0.4, 0.5) is 26.3 Å². The number of carbonyl (C=O) groups excluding carboxylic acids is 1. The number of hydrogen-bond donors (Lipinski definition) is 4. The summed E-state index contributed by atoms with van der Waals surface area (Å²) < 4.78 is 88.2. The lowest BCUT2D eigenvalue weighted by atomic mass is 9.88. The Morgan fingerprint density at radius 2 is 1.77 bits per heavy atom. The zero-order valence-electron chi connectivity index (χ0n) is 22.9. The predicted molar refractivity (Wildman–Crippen MR) is 146 cm³/mol. The van der Waals surface area contributed by atoms with Crippen LogP contribution in [0.3, 0.4) is 0 Å². The van der Waals surface area contributed by atoms with Gasteiger partial charge in [-0.15, -0.1) is 0 Å². The standard InChI is InChI=1S/C28H25F6N3O3.CH3NO/c1-15-7-18-8-16(9-21(40-2)24(18)36-12-15)11-27(39,28(32,33)34)22-10-19(13-35-14-23(30)31)26(38)25(37-22)17-3-5-20(29)6-4-17;2-1-3/h3-10,12,23,35,38-39H,11,13-14H2,1-2H3;1H,(H2,2,3)/t27-;/m0./s1. The van der Waals surface area contributed by atoms with E-state index < -0.39 is 55.0 Å². The number of methoxy groups -OCH3 is 1. The minimum absolute atomic E-state index is 0.0483. The molecule has 1 amide bonds. The van der Waals surface area contributed by atoms with Crippen LogP contribution in [0.2, 0.25) is 0 Å². The Morgan fingerprint density at radius 3 is 2.35 bits per heavy atom. The third-order valence-electron chi connectivity index (χ3n) is 6.32. The molecule has 0 unspecified atom stereocenters. The van der Waals surface area contributed by atoms with Crippen LogP contribution in [0.5, 0.6) is 11.5 Å². The maximum absolute atomic E-state index is 14.7. The van der Waals surface area contributed by atoms with E-state index in [2.05, 4.69) is 21.0 Å². The number of halogens is 6. The Morgan fingerprint density at radius 1 is 1.12 bits per heavy atom. The second kappa shape index (κ2) is 13.7. The third-order valence-corrected chi connectivity index (χ3v) is 6.32. The van der Waals surface area contributed by atoms with Gasteiger partial charge in [-0.3, -0.25) is 9.78 Å². The molecule has 0 saturated carbocycles. The monoisotopic (exact) mass is 610 g/mol. The zero-order valence-corrected chi connectivity index (χ0v) is 22.9. The van der Waals surface area contributed by atoms with Gasteiger partial charge in [0.1, 0.15) is 28.5 Å². The Labute approximate surface area is 242 Å². The molecule has 0 aliphatic carbocycles. The summed E-state index contributed by atoms with van der Waals surface area (Å²) in [6.07, 6.45) is -7.19. The molecule has 1 atom stereocenters. The van der Waals surface area contributed by atoms with E-state index in [1.165, 1.54) is 31.4 Å². The summed E-state index contributed by atoms with van der Waals surface area (Å²) in [5.74, 6) is -1.05. The van der Waals surface area contributed by atoms with Crippen molar-refractivity contribution in [2.45, 2.75) is 38.1 Å². The summed E-state index contributed by atoms with van der Waals surface area (Å²) >= 11 is 0. The van der Waals surface area contributed by atoms with Crippen molar-refractivity contribution in [1.82, 2.24) is 15.3 Å². The number of fused-ring (bicyclic) bond motifs is 1. The van der Waals surface area contributed by atoms with Crippen LogP contribution in [0.15, 0.2) is 54.7 Å². The summed E-state index contributed by atoms with van der Waals surface area (Å²) in [7, 11) is 1.34. The molecule has 230 valence electrons. The highest BCUT2D eigenvalue weighted by Crippen LogP contribution is 2.44. The highest BCUT2D eigenvalue weighted by Gasteiger charge is 2.56. The number of nitrogens with one attached hydrogen (secondary N) is 1. The average molecular weight is 611 g/mol. The first-order valence-corrected chi connectivity index (χ1v) is 12.6. The van der Waals surface area contributed by atoms with E-state index >= 15 is 0 Å². The first-order chi connectivity index (χ1) is 20.2. The molecule has 43 heavy (non-hydrogen) atoms. The Bertz CT molecular complexity index is 1570. The quantitative estimate of drug-likeness (QED) is 0.157. The number of aryl methyl sites for hydroxylation is 1. The number of carbonyl (C=O) groups is 1. The predicted octanol–water partition coefficient (Wildman–Crippen LogP) is 4.91. The maximum atomic E-state index is 14.7. The van der Waals surface area contributed by atoms with E-state index in [9.17, 15) is 36.6 Å². The van der Waals surface area contributed by atoms with Crippen molar-refractivity contribution in [2.75, 3.05) is 13.7 Å². The van der Waals surface area contributed by atoms with E-state index in [1.54, 1.807) is 19.2 Å². The molecule has 5 N–H and O–H groups in total. The molecule has 0 aliphatic heterocycles. The minimum Gasteiger partial charge on any atom is -0.505 e. The Kier molecular flexibility index (Phi) is 10.5. The van der Waals surface area contributed by atoms with Gasteiger partial charge in [0.2, 0.25) is 12.0 Å². The van der Waals surface area contributed by atoms with Crippen LogP contribution in [-0.2, 0) is 23.4 Å². The number of nitrogens with two attached hydrogens (primary N) is 1. The number of aliphatic hydroxyl groups is 1. The lowest BCUT2D eigenvalue weighted by Crippen LogP contribution is -2.45. The van der Waals surface area contributed by atoms with Gasteiger partial charge in [-0.25, -0.2) is 18.2 Å². The van der Waals surface area contributed by atoms with Crippen LogP contribution in [0.1, 0.15) is 22.4 Å². The van der Waals surface area contributed by atoms with Crippen molar-refractivity contribution in [3.8, 4) is 22.8 Å².